The van der Waals surface area contributed by atoms with Gasteiger partial charge in [0.1, 0.15) is 5.54 Å². The Bertz CT molecular complexity index is 178. The van der Waals surface area contributed by atoms with Crippen molar-refractivity contribution in [3.8, 4) is 0 Å². The van der Waals surface area contributed by atoms with E-state index in [0.29, 0.717) is 0 Å². The first-order valence-electron chi connectivity index (χ1n) is 3.80. The van der Waals surface area contributed by atoms with E-state index in [9.17, 15) is 4.79 Å². The van der Waals surface area contributed by atoms with Crippen LogP contribution in [0.15, 0.2) is 0 Å². The third-order valence-electron chi connectivity index (χ3n) is 1.78. The van der Waals surface area contributed by atoms with Gasteiger partial charge >= 0.3 is 5.97 Å². The van der Waals surface area contributed by atoms with Gasteiger partial charge in [0, 0.05) is 0 Å². The Kier molecular flexibility index (Phi) is 3.31. The Labute approximate surface area is 80.5 Å². The summed E-state index contributed by atoms with van der Waals surface area (Å²) in [5, 5.41) is 8.84. The fourth-order valence-corrected chi connectivity index (χ4v) is 4.02. The second-order valence-corrected chi connectivity index (χ2v) is 5.74. The van der Waals surface area contributed by atoms with Gasteiger partial charge in [0.2, 0.25) is 0 Å². The molecule has 0 aliphatic carbocycles. The molecule has 0 aromatic heterocycles. The molecule has 5 heteroatoms. The number of thioether (sulfide) groups is 2. The fraction of sp³-hybridized carbons (Fsp3) is 0.857. The molecule has 12 heavy (non-hydrogen) atoms. The first-order valence-corrected chi connectivity index (χ1v) is 5.90. The number of carboxylic acids is 1. The molecule has 1 atom stereocenters. The molecule has 3 nitrogen and oxygen atoms in total. The van der Waals surface area contributed by atoms with E-state index < -0.39 is 11.5 Å². The minimum Gasteiger partial charge on any atom is -0.480 e. The SMILES string of the molecule is C[C@](N)(C(=O)O)C1SCCCS1. The summed E-state index contributed by atoms with van der Waals surface area (Å²) in [5.41, 5.74) is 4.61. The second-order valence-electron chi connectivity index (χ2n) is 3.01. The summed E-state index contributed by atoms with van der Waals surface area (Å²) in [6.07, 6.45) is 1.15. The monoisotopic (exact) mass is 207 g/mol. The molecule has 0 amide bonds. The van der Waals surface area contributed by atoms with Crippen LogP contribution in [0.3, 0.4) is 0 Å². The van der Waals surface area contributed by atoms with E-state index in [0.717, 1.165) is 17.9 Å². The molecule has 0 unspecified atom stereocenters. The van der Waals surface area contributed by atoms with Gasteiger partial charge in [-0.15, -0.1) is 23.5 Å². The smallest absolute Gasteiger partial charge is 0.325 e. The first-order chi connectivity index (χ1) is 5.55. The summed E-state index contributed by atoms with van der Waals surface area (Å²) in [6, 6.07) is 0. The van der Waals surface area contributed by atoms with Crippen LogP contribution in [0.5, 0.6) is 0 Å². The first kappa shape index (κ1) is 10.2. The topological polar surface area (TPSA) is 63.3 Å². The van der Waals surface area contributed by atoms with Crippen molar-refractivity contribution in [1.82, 2.24) is 0 Å². The summed E-state index contributed by atoms with van der Waals surface area (Å²) < 4.78 is 0.00347. The number of hydrogen-bond acceptors (Lipinski definition) is 4. The van der Waals surface area contributed by atoms with E-state index in [4.69, 9.17) is 10.8 Å². The van der Waals surface area contributed by atoms with Crippen LogP contribution < -0.4 is 5.73 Å². The predicted molar refractivity (Wildman–Crippen MR) is 53.5 cm³/mol. The highest BCUT2D eigenvalue weighted by Gasteiger charge is 2.39. The number of nitrogens with two attached hydrogens (primary N) is 1. The maximum atomic E-state index is 10.8. The van der Waals surface area contributed by atoms with Gasteiger partial charge in [-0.1, -0.05) is 0 Å². The maximum absolute atomic E-state index is 10.8. The minimum absolute atomic E-state index is 0.00347. The van der Waals surface area contributed by atoms with Crippen LogP contribution in [-0.4, -0.2) is 32.7 Å². The third kappa shape index (κ3) is 2.08. The van der Waals surface area contributed by atoms with Gasteiger partial charge in [-0.25, -0.2) is 0 Å². The molecule has 1 rings (SSSR count). The molecule has 1 fully saturated rings. The van der Waals surface area contributed by atoms with E-state index in [1.54, 1.807) is 30.4 Å². The highest BCUT2D eigenvalue weighted by molar-refractivity contribution is 8.17. The lowest BCUT2D eigenvalue weighted by Crippen LogP contribution is -2.52. The predicted octanol–water partition coefficient (Wildman–Crippen LogP) is 0.985. The van der Waals surface area contributed by atoms with Crippen LogP contribution in [0.2, 0.25) is 0 Å². The molecule has 0 aromatic rings. The van der Waals surface area contributed by atoms with E-state index in [2.05, 4.69) is 0 Å². The Hall–Kier alpha value is 0.130. The third-order valence-corrected chi connectivity index (χ3v) is 5.23. The summed E-state index contributed by atoms with van der Waals surface area (Å²) in [5.74, 6) is 1.14. The standard InChI is InChI=1S/C7H13NO2S2/c1-7(8,5(9)10)6-11-3-2-4-12-6/h6H,2-4,8H2,1H3,(H,9,10)/t7-/m0/s1. The average Bonchev–Trinajstić information content (AvgIpc) is 2.06. The van der Waals surface area contributed by atoms with E-state index in [-0.39, 0.29) is 4.58 Å². The summed E-state index contributed by atoms with van der Waals surface area (Å²) in [7, 11) is 0. The molecule has 0 spiro atoms. The number of rotatable bonds is 2. The lowest BCUT2D eigenvalue weighted by Gasteiger charge is -2.31. The van der Waals surface area contributed by atoms with Gasteiger partial charge in [-0.2, -0.15) is 0 Å². The number of carboxylic acid groups (broad SMARTS) is 1. The van der Waals surface area contributed by atoms with Crippen molar-refractivity contribution in [2.45, 2.75) is 23.5 Å². The van der Waals surface area contributed by atoms with Crippen LogP contribution in [0, 0.1) is 0 Å². The van der Waals surface area contributed by atoms with Gasteiger partial charge in [0.15, 0.2) is 0 Å². The summed E-state index contributed by atoms with van der Waals surface area (Å²) in [6.45, 7) is 1.59. The molecule has 0 saturated carbocycles. The Morgan fingerprint density at radius 1 is 1.58 bits per heavy atom. The molecule has 0 bridgehead atoms. The number of carbonyl (C=O) groups is 1. The fourth-order valence-electron chi connectivity index (χ4n) is 0.935. The quantitative estimate of drug-likeness (QED) is 0.707. The molecule has 1 aliphatic rings. The summed E-state index contributed by atoms with van der Waals surface area (Å²) in [4.78, 5) is 10.8. The molecular weight excluding hydrogens is 194 g/mol. The van der Waals surface area contributed by atoms with Crippen molar-refractivity contribution < 1.29 is 9.90 Å². The van der Waals surface area contributed by atoms with Gasteiger partial charge in [-0.3, -0.25) is 4.79 Å². The van der Waals surface area contributed by atoms with Crippen LogP contribution in [0.25, 0.3) is 0 Å². The molecular formula is C7H13NO2S2. The van der Waals surface area contributed by atoms with Gasteiger partial charge in [0.25, 0.3) is 0 Å². The van der Waals surface area contributed by atoms with Crippen molar-refractivity contribution in [2.24, 2.45) is 5.73 Å². The van der Waals surface area contributed by atoms with Crippen molar-refractivity contribution in [2.75, 3.05) is 11.5 Å². The van der Waals surface area contributed by atoms with Gasteiger partial charge in [0.05, 0.1) is 4.58 Å². The lowest BCUT2D eigenvalue weighted by molar-refractivity contribution is -0.142. The molecule has 3 N–H and O–H groups in total. The van der Waals surface area contributed by atoms with Crippen LogP contribution in [0.4, 0.5) is 0 Å². The van der Waals surface area contributed by atoms with E-state index in [1.165, 1.54) is 0 Å². The second kappa shape index (κ2) is 3.89. The lowest BCUT2D eigenvalue weighted by atomic mass is 10.1. The van der Waals surface area contributed by atoms with Crippen molar-refractivity contribution >= 4 is 29.5 Å². The highest BCUT2D eigenvalue weighted by atomic mass is 32.2. The Balaban J connectivity index is 2.59. The van der Waals surface area contributed by atoms with Crippen molar-refractivity contribution in [3.63, 3.8) is 0 Å². The van der Waals surface area contributed by atoms with E-state index in [1.807, 2.05) is 0 Å². The largest absolute Gasteiger partial charge is 0.480 e. The molecule has 1 heterocycles. The van der Waals surface area contributed by atoms with E-state index >= 15 is 0 Å². The van der Waals surface area contributed by atoms with Gasteiger partial charge in [-0.05, 0) is 24.9 Å². The van der Waals surface area contributed by atoms with Crippen LogP contribution >= 0.6 is 23.5 Å². The number of hydrogen-bond donors (Lipinski definition) is 2. The Morgan fingerprint density at radius 3 is 2.50 bits per heavy atom. The maximum Gasteiger partial charge on any atom is 0.325 e. The zero-order chi connectivity index (χ0) is 9.19. The molecule has 1 saturated heterocycles. The molecule has 0 aromatic carbocycles. The minimum atomic E-state index is -1.09. The zero-order valence-electron chi connectivity index (χ0n) is 6.95. The highest BCUT2D eigenvalue weighted by Crippen LogP contribution is 2.36. The number of aliphatic carboxylic acids is 1. The summed E-state index contributed by atoms with van der Waals surface area (Å²) >= 11 is 3.31. The van der Waals surface area contributed by atoms with Crippen LogP contribution in [-0.2, 0) is 4.79 Å². The molecule has 0 radical (unpaired) electrons. The van der Waals surface area contributed by atoms with Gasteiger partial charge < -0.3 is 10.8 Å². The normalized spacial score (nSPS) is 24.8. The average molecular weight is 207 g/mol. The molecule has 1 aliphatic heterocycles. The van der Waals surface area contributed by atoms with Crippen molar-refractivity contribution in [3.05, 3.63) is 0 Å². The Morgan fingerprint density at radius 2 is 2.08 bits per heavy atom. The molecule has 70 valence electrons. The van der Waals surface area contributed by atoms with Crippen LogP contribution in [0.1, 0.15) is 13.3 Å². The zero-order valence-corrected chi connectivity index (χ0v) is 8.58. The van der Waals surface area contributed by atoms with Crippen molar-refractivity contribution in [1.29, 1.82) is 0 Å².